The van der Waals surface area contributed by atoms with Crippen molar-refractivity contribution in [1.29, 1.82) is 0 Å². The molecular weight excluding hydrogens is 280 g/mol. The van der Waals surface area contributed by atoms with Crippen molar-refractivity contribution in [2.45, 2.75) is 26.3 Å². The zero-order chi connectivity index (χ0) is 15.6. The third-order valence-electron chi connectivity index (χ3n) is 3.02. The van der Waals surface area contributed by atoms with Crippen LogP contribution in [0.15, 0.2) is 15.7 Å². The summed E-state index contributed by atoms with van der Waals surface area (Å²) in [5.74, 6) is -0.204. The van der Waals surface area contributed by atoms with Crippen molar-refractivity contribution in [2.24, 2.45) is 0 Å². The van der Waals surface area contributed by atoms with Crippen LogP contribution < -0.4 is 15.9 Å². The summed E-state index contributed by atoms with van der Waals surface area (Å²) in [5, 5.41) is 11.0. The number of hydrogen-bond acceptors (Lipinski definition) is 6. The molecule has 0 saturated heterocycles. The third kappa shape index (κ3) is 2.62. The van der Waals surface area contributed by atoms with Gasteiger partial charge < -0.3 is 9.72 Å². The van der Waals surface area contributed by atoms with E-state index in [2.05, 4.69) is 9.97 Å². The van der Waals surface area contributed by atoms with Gasteiger partial charge in [0.15, 0.2) is 5.65 Å². The largest absolute Gasteiger partial charge is 0.476 e. The molecule has 2 aromatic rings. The molecule has 0 aliphatic carbocycles. The Hall–Kier alpha value is -2.71. The standard InChI is InChI=1S/C12H14N4O5/c1-3-4-5-15-9-7(13-10(17)12(15)18)6-8(16(19)20)11(14-9)21-2/h6H,3-5H2,1-2H3,(H,13,17). The molecule has 0 atom stereocenters. The second-order valence-electron chi connectivity index (χ2n) is 4.41. The van der Waals surface area contributed by atoms with Crippen LogP contribution in [0, 0.1) is 10.1 Å². The first-order chi connectivity index (χ1) is 9.99. The van der Waals surface area contributed by atoms with Crippen LogP contribution in [0.2, 0.25) is 0 Å². The third-order valence-corrected chi connectivity index (χ3v) is 3.02. The van der Waals surface area contributed by atoms with E-state index in [-0.39, 0.29) is 22.7 Å². The van der Waals surface area contributed by atoms with E-state index < -0.39 is 16.0 Å². The molecule has 9 heteroatoms. The Morgan fingerprint density at radius 2 is 2.19 bits per heavy atom. The van der Waals surface area contributed by atoms with Crippen LogP contribution in [0.5, 0.6) is 5.88 Å². The van der Waals surface area contributed by atoms with Gasteiger partial charge in [-0.15, -0.1) is 0 Å². The molecule has 0 aliphatic rings. The SMILES string of the molecule is CCCCn1c(=O)c(=O)[nH]c2cc([N+](=O)[O-])c(OC)nc21. The van der Waals surface area contributed by atoms with Gasteiger partial charge in [0.2, 0.25) is 0 Å². The number of unbranched alkanes of at least 4 members (excludes halogenated alkanes) is 1. The molecule has 2 rings (SSSR count). The Bertz CT molecular complexity index is 808. The number of pyridine rings is 1. The van der Waals surface area contributed by atoms with E-state index in [1.807, 2.05) is 6.92 Å². The molecule has 112 valence electrons. The first kappa shape index (κ1) is 14.7. The molecule has 0 spiro atoms. The maximum Gasteiger partial charge on any atom is 0.333 e. The summed E-state index contributed by atoms with van der Waals surface area (Å²) in [4.78, 5) is 40.2. The van der Waals surface area contributed by atoms with Crippen molar-refractivity contribution in [1.82, 2.24) is 14.5 Å². The topological polar surface area (TPSA) is 120 Å². The van der Waals surface area contributed by atoms with Crippen molar-refractivity contribution >= 4 is 16.9 Å². The second-order valence-corrected chi connectivity index (χ2v) is 4.41. The highest BCUT2D eigenvalue weighted by Gasteiger charge is 2.20. The number of fused-ring (bicyclic) bond motifs is 1. The predicted octanol–water partition coefficient (Wildman–Crippen LogP) is 0.802. The van der Waals surface area contributed by atoms with Gasteiger partial charge in [-0.3, -0.25) is 24.3 Å². The number of nitrogens with one attached hydrogen (secondary N) is 1. The highest BCUT2D eigenvalue weighted by molar-refractivity contribution is 5.74. The molecule has 0 radical (unpaired) electrons. The second kappa shape index (κ2) is 5.73. The molecule has 21 heavy (non-hydrogen) atoms. The average Bonchev–Trinajstić information content (AvgIpc) is 2.46. The van der Waals surface area contributed by atoms with Crippen LogP contribution in [0.3, 0.4) is 0 Å². The van der Waals surface area contributed by atoms with Gasteiger partial charge >= 0.3 is 16.8 Å². The van der Waals surface area contributed by atoms with Gasteiger partial charge in [0, 0.05) is 12.6 Å². The number of nitro groups is 1. The molecule has 0 amide bonds. The Labute approximate surface area is 118 Å². The summed E-state index contributed by atoms with van der Waals surface area (Å²) in [6.07, 6.45) is 1.50. The van der Waals surface area contributed by atoms with Gasteiger partial charge in [0.05, 0.1) is 17.5 Å². The van der Waals surface area contributed by atoms with Crippen molar-refractivity contribution in [3.05, 3.63) is 36.9 Å². The van der Waals surface area contributed by atoms with E-state index >= 15 is 0 Å². The monoisotopic (exact) mass is 294 g/mol. The number of rotatable bonds is 5. The molecular formula is C12H14N4O5. The summed E-state index contributed by atoms with van der Waals surface area (Å²) in [7, 11) is 1.25. The Morgan fingerprint density at radius 1 is 1.48 bits per heavy atom. The smallest absolute Gasteiger partial charge is 0.333 e. The fourth-order valence-electron chi connectivity index (χ4n) is 1.97. The molecule has 0 unspecified atom stereocenters. The molecule has 1 N–H and O–H groups in total. The molecule has 2 aromatic heterocycles. The summed E-state index contributed by atoms with van der Waals surface area (Å²) in [6.45, 7) is 2.25. The predicted molar refractivity (Wildman–Crippen MR) is 74.7 cm³/mol. The van der Waals surface area contributed by atoms with Gasteiger partial charge in [-0.1, -0.05) is 13.3 Å². The first-order valence-electron chi connectivity index (χ1n) is 6.35. The Morgan fingerprint density at radius 3 is 2.76 bits per heavy atom. The summed E-state index contributed by atoms with van der Waals surface area (Å²) in [5.41, 5.74) is -1.65. The van der Waals surface area contributed by atoms with E-state index in [4.69, 9.17) is 4.74 Å². The molecule has 0 bridgehead atoms. The minimum absolute atomic E-state index is 0.128. The van der Waals surface area contributed by atoms with Crippen LogP contribution in [-0.4, -0.2) is 26.6 Å². The lowest BCUT2D eigenvalue weighted by molar-refractivity contribution is -0.386. The van der Waals surface area contributed by atoms with E-state index in [1.165, 1.54) is 11.7 Å². The molecule has 2 heterocycles. The maximum absolute atomic E-state index is 11.9. The molecule has 0 fully saturated rings. The van der Waals surface area contributed by atoms with Crippen molar-refractivity contribution in [2.75, 3.05) is 7.11 Å². The molecule has 0 aromatic carbocycles. The van der Waals surface area contributed by atoms with E-state index in [1.54, 1.807) is 0 Å². The number of methoxy groups -OCH3 is 1. The van der Waals surface area contributed by atoms with Crippen LogP contribution in [-0.2, 0) is 6.54 Å². The fraction of sp³-hybridized carbons (Fsp3) is 0.417. The summed E-state index contributed by atoms with van der Waals surface area (Å²) >= 11 is 0. The number of hydrogen-bond donors (Lipinski definition) is 1. The number of ether oxygens (including phenoxy) is 1. The van der Waals surface area contributed by atoms with Crippen molar-refractivity contribution in [3.8, 4) is 5.88 Å². The number of aromatic amines is 1. The number of aromatic nitrogens is 3. The fourth-order valence-corrected chi connectivity index (χ4v) is 1.97. The Balaban J connectivity index is 2.82. The van der Waals surface area contributed by atoms with Crippen LogP contribution in [0.25, 0.3) is 11.2 Å². The van der Waals surface area contributed by atoms with Crippen molar-refractivity contribution < 1.29 is 9.66 Å². The average molecular weight is 294 g/mol. The van der Waals surface area contributed by atoms with Crippen LogP contribution >= 0.6 is 0 Å². The lowest BCUT2D eigenvalue weighted by Crippen LogP contribution is -2.36. The summed E-state index contributed by atoms with van der Waals surface area (Å²) < 4.78 is 6.10. The highest BCUT2D eigenvalue weighted by Crippen LogP contribution is 2.26. The maximum atomic E-state index is 11.9. The van der Waals surface area contributed by atoms with E-state index in [9.17, 15) is 19.7 Å². The number of nitrogens with zero attached hydrogens (tertiary/aromatic N) is 3. The molecule has 0 saturated carbocycles. The van der Waals surface area contributed by atoms with Gasteiger partial charge in [-0.05, 0) is 6.42 Å². The van der Waals surface area contributed by atoms with Crippen LogP contribution in [0.4, 0.5) is 5.69 Å². The van der Waals surface area contributed by atoms with Gasteiger partial charge in [-0.25, -0.2) is 0 Å². The zero-order valence-corrected chi connectivity index (χ0v) is 11.6. The van der Waals surface area contributed by atoms with Gasteiger partial charge in [0.1, 0.15) is 0 Å². The van der Waals surface area contributed by atoms with E-state index in [0.29, 0.717) is 13.0 Å². The lowest BCUT2D eigenvalue weighted by Gasteiger charge is -2.09. The summed E-state index contributed by atoms with van der Waals surface area (Å²) in [6, 6.07) is 1.14. The highest BCUT2D eigenvalue weighted by atomic mass is 16.6. The molecule has 0 aliphatic heterocycles. The minimum Gasteiger partial charge on any atom is -0.476 e. The van der Waals surface area contributed by atoms with Crippen molar-refractivity contribution in [3.63, 3.8) is 0 Å². The van der Waals surface area contributed by atoms with Crippen LogP contribution in [0.1, 0.15) is 19.8 Å². The quantitative estimate of drug-likeness (QED) is 0.494. The Kier molecular flexibility index (Phi) is 4.01. The van der Waals surface area contributed by atoms with E-state index in [0.717, 1.165) is 12.5 Å². The minimum atomic E-state index is -0.833. The zero-order valence-electron chi connectivity index (χ0n) is 11.6. The first-order valence-corrected chi connectivity index (χ1v) is 6.35. The molecule has 9 nitrogen and oxygen atoms in total. The number of H-pyrrole nitrogens is 1. The van der Waals surface area contributed by atoms with Gasteiger partial charge in [0.25, 0.3) is 5.88 Å². The number of aryl methyl sites for hydroxylation is 1. The lowest BCUT2D eigenvalue weighted by atomic mass is 10.3. The normalized spacial score (nSPS) is 10.8. The van der Waals surface area contributed by atoms with Gasteiger partial charge in [-0.2, -0.15) is 4.98 Å².